The maximum absolute atomic E-state index is 12.0. The molecule has 1 aliphatic heterocycles. The van der Waals surface area contributed by atoms with Gasteiger partial charge in [-0.2, -0.15) is 0 Å². The zero-order chi connectivity index (χ0) is 18.3. The summed E-state index contributed by atoms with van der Waals surface area (Å²) < 4.78 is 15.4. The monoisotopic (exact) mass is 342 g/mol. The minimum atomic E-state index is -1.38. The third-order valence-electron chi connectivity index (χ3n) is 3.41. The van der Waals surface area contributed by atoms with Gasteiger partial charge in [0.25, 0.3) is 0 Å². The highest BCUT2D eigenvalue weighted by Gasteiger charge is 2.38. The number of aliphatic hydroxyl groups excluding tert-OH is 1. The molecule has 8 nitrogen and oxygen atoms in total. The molecule has 1 rings (SSSR count). The van der Waals surface area contributed by atoms with Crippen LogP contribution in [0.15, 0.2) is 12.2 Å². The van der Waals surface area contributed by atoms with Crippen molar-refractivity contribution in [3.05, 3.63) is 12.2 Å². The third-order valence-corrected chi connectivity index (χ3v) is 3.41. The summed E-state index contributed by atoms with van der Waals surface area (Å²) >= 11 is 0. The van der Waals surface area contributed by atoms with Crippen LogP contribution in [0.5, 0.6) is 0 Å². The molecule has 1 N–H and O–H groups in total. The first-order valence-corrected chi connectivity index (χ1v) is 7.65. The second-order valence-electron chi connectivity index (χ2n) is 5.47. The molecular weight excluding hydrogens is 320 g/mol. The summed E-state index contributed by atoms with van der Waals surface area (Å²) in [5, 5.41) is 9.77. The molecule has 0 radical (unpaired) electrons. The summed E-state index contributed by atoms with van der Waals surface area (Å²) in [4.78, 5) is 46.9. The lowest BCUT2D eigenvalue weighted by atomic mass is 9.97. The Bertz CT molecular complexity index is 524. The lowest BCUT2D eigenvalue weighted by Crippen LogP contribution is -2.46. The molecular formula is C16H22O8. The van der Waals surface area contributed by atoms with Gasteiger partial charge >= 0.3 is 17.9 Å². The minimum absolute atomic E-state index is 0.0831. The zero-order valence-electron chi connectivity index (χ0n) is 13.9. The Kier molecular flexibility index (Phi) is 7.57. The summed E-state index contributed by atoms with van der Waals surface area (Å²) in [5.41, 5.74) is 0. The highest BCUT2D eigenvalue weighted by molar-refractivity contribution is 5.85. The van der Waals surface area contributed by atoms with Crippen molar-refractivity contribution in [2.45, 2.75) is 64.4 Å². The van der Waals surface area contributed by atoms with Crippen molar-refractivity contribution in [1.82, 2.24) is 0 Å². The number of ketones is 1. The molecule has 0 aromatic carbocycles. The molecule has 1 aliphatic rings. The first-order chi connectivity index (χ1) is 11.2. The molecule has 4 atom stereocenters. The molecule has 0 amide bonds. The maximum Gasteiger partial charge on any atom is 0.330 e. The van der Waals surface area contributed by atoms with E-state index >= 15 is 0 Å². The van der Waals surface area contributed by atoms with Crippen LogP contribution in [0.3, 0.4) is 0 Å². The molecule has 0 aromatic heterocycles. The number of allylic oxidation sites excluding steroid dienone is 1. The molecule has 8 heteroatoms. The van der Waals surface area contributed by atoms with Crippen LogP contribution in [-0.4, -0.2) is 53.2 Å². The van der Waals surface area contributed by atoms with E-state index < -0.39 is 48.1 Å². The largest absolute Gasteiger partial charge is 0.459 e. The van der Waals surface area contributed by atoms with Crippen LogP contribution in [0.1, 0.15) is 40.0 Å². The second kappa shape index (κ2) is 9.17. The predicted octanol–water partition coefficient (Wildman–Crippen LogP) is 0.452. The number of ether oxygens (including phenoxy) is 3. The van der Waals surface area contributed by atoms with E-state index in [0.717, 1.165) is 13.0 Å². The van der Waals surface area contributed by atoms with E-state index in [1.807, 2.05) is 0 Å². The molecule has 0 bridgehead atoms. The van der Waals surface area contributed by atoms with E-state index in [0.29, 0.717) is 0 Å². The van der Waals surface area contributed by atoms with Crippen LogP contribution in [0, 0.1) is 0 Å². The Hall–Kier alpha value is -2.22. The van der Waals surface area contributed by atoms with Crippen LogP contribution in [0.25, 0.3) is 0 Å². The van der Waals surface area contributed by atoms with E-state index in [1.54, 1.807) is 6.92 Å². The van der Waals surface area contributed by atoms with Gasteiger partial charge in [-0.05, 0) is 20.3 Å². The predicted molar refractivity (Wildman–Crippen MR) is 80.7 cm³/mol. The molecule has 134 valence electrons. The molecule has 1 heterocycles. The van der Waals surface area contributed by atoms with Crippen molar-refractivity contribution in [2.75, 3.05) is 0 Å². The van der Waals surface area contributed by atoms with Crippen molar-refractivity contribution in [1.29, 1.82) is 0 Å². The SMILES string of the molecule is C/C=C/C(=O)O[C@@H]1[C@@H](C)OC(=O)CC[C@H](O)C(=O)C[C@H]1OC(C)=O. The fourth-order valence-corrected chi connectivity index (χ4v) is 2.30. The summed E-state index contributed by atoms with van der Waals surface area (Å²) in [7, 11) is 0. The van der Waals surface area contributed by atoms with Gasteiger partial charge in [0.1, 0.15) is 18.3 Å². The molecule has 1 fully saturated rings. The molecule has 0 saturated carbocycles. The number of hydrogen-bond acceptors (Lipinski definition) is 8. The second-order valence-corrected chi connectivity index (χ2v) is 5.47. The number of esters is 3. The molecule has 0 aliphatic carbocycles. The summed E-state index contributed by atoms with van der Waals surface area (Å²) in [6, 6.07) is 0. The van der Waals surface area contributed by atoms with Gasteiger partial charge in [0, 0.05) is 25.8 Å². The lowest BCUT2D eigenvalue weighted by Gasteiger charge is -2.31. The van der Waals surface area contributed by atoms with Crippen molar-refractivity contribution in [3.63, 3.8) is 0 Å². The van der Waals surface area contributed by atoms with Gasteiger partial charge in [0.15, 0.2) is 11.9 Å². The topological polar surface area (TPSA) is 116 Å². The maximum atomic E-state index is 12.0. The number of aliphatic hydroxyl groups is 1. The van der Waals surface area contributed by atoms with Crippen molar-refractivity contribution < 1.29 is 38.5 Å². The quantitative estimate of drug-likeness (QED) is 0.446. The van der Waals surface area contributed by atoms with Gasteiger partial charge in [0.05, 0.1) is 0 Å². The Morgan fingerprint density at radius 2 is 1.96 bits per heavy atom. The van der Waals surface area contributed by atoms with Crippen molar-refractivity contribution >= 4 is 23.7 Å². The molecule has 24 heavy (non-hydrogen) atoms. The molecule has 0 spiro atoms. The Morgan fingerprint density at radius 3 is 2.54 bits per heavy atom. The number of cyclic esters (lactones) is 1. The van der Waals surface area contributed by atoms with E-state index in [-0.39, 0.29) is 19.3 Å². The Balaban J connectivity index is 3.12. The van der Waals surface area contributed by atoms with E-state index in [1.165, 1.54) is 13.0 Å². The summed E-state index contributed by atoms with van der Waals surface area (Å²) in [5.74, 6) is -2.67. The van der Waals surface area contributed by atoms with Crippen LogP contribution < -0.4 is 0 Å². The zero-order valence-corrected chi connectivity index (χ0v) is 13.9. The Labute approximate surface area is 139 Å². The third kappa shape index (κ3) is 6.11. The minimum Gasteiger partial charge on any atom is -0.459 e. The van der Waals surface area contributed by atoms with Crippen molar-refractivity contribution in [3.8, 4) is 0 Å². The van der Waals surface area contributed by atoms with Crippen LogP contribution in [0.4, 0.5) is 0 Å². The number of rotatable bonds is 3. The van der Waals surface area contributed by atoms with Crippen LogP contribution in [0.2, 0.25) is 0 Å². The number of Topliss-reactive ketones (excluding diaryl/α,β-unsaturated/α-hetero) is 1. The van der Waals surface area contributed by atoms with E-state index in [9.17, 15) is 24.3 Å². The smallest absolute Gasteiger partial charge is 0.330 e. The standard InChI is InChI=1S/C16H22O8/c1-4-5-14(20)24-16-9(2)22-15(21)7-6-11(18)12(19)8-13(16)23-10(3)17/h4-5,9,11,13,16,18H,6-8H2,1-3H3/b5-4+/t9-,11+,13-,16-/m1/s1. The number of carbonyl (C=O) groups is 4. The Morgan fingerprint density at radius 1 is 1.29 bits per heavy atom. The highest BCUT2D eigenvalue weighted by atomic mass is 16.6. The first-order valence-electron chi connectivity index (χ1n) is 7.65. The summed E-state index contributed by atoms with van der Waals surface area (Å²) in [6.07, 6.45) is -2.63. The van der Waals surface area contributed by atoms with Crippen LogP contribution in [-0.2, 0) is 33.4 Å². The van der Waals surface area contributed by atoms with Gasteiger partial charge in [-0.25, -0.2) is 4.79 Å². The lowest BCUT2D eigenvalue weighted by molar-refractivity contribution is -0.183. The highest BCUT2D eigenvalue weighted by Crippen LogP contribution is 2.20. The average Bonchev–Trinajstić information content (AvgIpc) is 2.48. The average molecular weight is 342 g/mol. The number of hydrogen-bond donors (Lipinski definition) is 1. The van der Waals surface area contributed by atoms with Gasteiger partial charge < -0.3 is 19.3 Å². The van der Waals surface area contributed by atoms with Crippen molar-refractivity contribution in [2.24, 2.45) is 0 Å². The molecule has 0 aromatic rings. The molecule has 1 saturated heterocycles. The number of carbonyl (C=O) groups excluding carboxylic acids is 4. The normalized spacial score (nSPS) is 29.0. The van der Waals surface area contributed by atoms with Gasteiger partial charge in [-0.3, -0.25) is 14.4 Å². The molecule has 0 unspecified atom stereocenters. The summed E-state index contributed by atoms with van der Waals surface area (Å²) in [6.45, 7) is 4.23. The fourth-order valence-electron chi connectivity index (χ4n) is 2.30. The van der Waals surface area contributed by atoms with Crippen LogP contribution >= 0.6 is 0 Å². The van der Waals surface area contributed by atoms with Gasteiger partial charge in [0.2, 0.25) is 0 Å². The van der Waals surface area contributed by atoms with E-state index in [4.69, 9.17) is 14.2 Å². The van der Waals surface area contributed by atoms with E-state index in [2.05, 4.69) is 0 Å². The van der Waals surface area contributed by atoms with Gasteiger partial charge in [-0.1, -0.05) is 6.08 Å². The fraction of sp³-hybridized carbons (Fsp3) is 0.625. The van der Waals surface area contributed by atoms with Gasteiger partial charge in [-0.15, -0.1) is 0 Å². The first kappa shape index (κ1) is 19.8.